The molecule has 0 saturated carbocycles. The molecule has 3 aromatic rings. The van der Waals surface area contributed by atoms with Crippen LogP contribution >= 0.6 is 0 Å². The van der Waals surface area contributed by atoms with E-state index in [1.165, 1.54) is 39.3 Å². The average Bonchev–Trinajstić information content (AvgIpc) is 3.22. The van der Waals surface area contributed by atoms with Crippen LogP contribution in [-0.4, -0.2) is 47.4 Å². The fraction of sp³-hybridized carbons (Fsp3) is 0.483. The zero-order chi connectivity index (χ0) is 23.6. The summed E-state index contributed by atoms with van der Waals surface area (Å²) in [5.74, 6) is 0. The Morgan fingerprint density at radius 2 is 1.52 bits per heavy atom. The Morgan fingerprint density at radius 1 is 0.818 bits per heavy atom. The maximum Gasteiger partial charge on any atom is 0.0691 e. The molecule has 176 valence electrons. The van der Waals surface area contributed by atoms with Crippen LogP contribution in [0.3, 0.4) is 0 Å². The molecule has 0 aliphatic carbocycles. The van der Waals surface area contributed by atoms with E-state index < -0.39 is 0 Å². The van der Waals surface area contributed by atoms with Gasteiger partial charge in [0.2, 0.25) is 0 Å². The van der Waals surface area contributed by atoms with Crippen molar-refractivity contribution in [2.24, 2.45) is 0 Å². The van der Waals surface area contributed by atoms with Gasteiger partial charge in [-0.05, 0) is 95.8 Å². The summed E-state index contributed by atoms with van der Waals surface area (Å²) in [4.78, 5) is 5.14. The van der Waals surface area contributed by atoms with Gasteiger partial charge in [0.25, 0.3) is 0 Å². The van der Waals surface area contributed by atoms with Crippen LogP contribution in [0.15, 0.2) is 48.5 Å². The van der Waals surface area contributed by atoms with Crippen molar-refractivity contribution in [3.63, 3.8) is 0 Å². The molecule has 0 bridgehead atoms. The van der Waals surface area contributed by atoms with Crippen molar-refractivity contribution < 1.29 is 0 Å². The topological polar surface area (TPSA) is 24.3 Å². The van der Waals surface area contributed by atoms with Gasteiger partial charge in [-0.1, -0.05) is 35.9 Å². The molecule has 1 fully saturated rings. The third kappa shape index (κ3) is 5.67. The third-order valence-corrected chi connectivity index (χ3v) is 6.88. The highest BCUT2D eigenvalue weighted by atomic mass is 15.3. The molecule has 1 aromatic heterocycles. The number of hydrogen-bond acceptors (Lipinski definition) is 3. The van der Waals surface area contributed by atoms with E-state index in [1.807, 2.05) is 0 Å². The Hall–Kier alpha value is -2.59. The molecule has 2 heterocycles. The molecule has 33 heavy (non-hydrogen) atoms. The number of benzene rings is 2. The van der Waals surface area contributed by atoms with E-state index >= 15 is 0 Å². The second-order valence-electron chi connectivity index (χ2n) is 10.7. The lowest BCUT2D eigenvalue weighted by atomic mass is 10.1. The molecule has 4 rings (SSSR count). The molecule has 2 aromatic carbocycles. The number of nitrogens with zero attached hydrogens (tertiary/aromatic N) is 4. The molecule has 0 unspecified atom stereocenters. The van der Waals surface area contributed by atoms with Crippen molar-refractivity contribution in [2.75, 3.05) is 37.6 Å². The maximum atomic E-state index is 5.02. The van der Waals surface area contributed by atoms with E-state index in [9.17, 15) is 0 Å². The van der Waals surface area contributed by atoms with Crippen molar-refractivity contribution in [1.82, 2.24) is 14.7 Å². The summed E-state index contributed by atoms with van der Waals surface area (Å²) in [6, 6.07) is 18.0. The van der Waals surface area contributed by atoms with Gasteiger partial charge in [-0.3, -0.25) is 9.58 Å². The Balaban J connectivity index is 1.33. The Labute approximate surface area is 200 Å². The van der Waals surface area contributed by atoms with Gasteiger partial charge in [0.1, 0.15) is 0 Å². The van der Waals surface area contributed by atoms with Crippen LogP contribution in [0.5, 0.6) is 0 Å². The van der Waals surface area contributed by atoms with E-state index in [0.717, 1.165) is 45.6 Å². The molecule has 1 saturated heterocycles. The molecule has 0 N–H and O–H groups in total. The van der Waals surface area contributed by atoms with E-state index in [4.69, 9.17) is 5.10 Å². The summed E-state index contributed by atoms with van der Waals surface area (Å²) in [7, 11) is 0. The SMILES string of the molecule is Cc1ccc(-c2cc(CCCN3CCN(c4ccc(C)c(C)c4)CC3)nn2C(C)(C)C)cc1. The van der Waals surface area contributed by atoms with Gasteiger partial charge < -0.3 is 4.90 Å². The second kappa shape index (κ2) is 9.72. The highest BCUT2D eigenvalue weighted by Gasteiger charge is 2.21. The largest absolute Gasteiger partial charge is 0.369 e. The lowest BCUT2D eigenvalue weighted by molar-refractivity contribution is 0.254. The van der Waals surface area contributed by atoms with Gasteiger partial charge in [-0.2, -0.15) is 5.10 Å². The molecular weight excluding hydrogens is 404 g/mol. The number of hydrogen-bond donors (Lipinski definition) is 0. The monoisotopic (exact) mass is 444 g/mol. The van der Waals surface area contributed by atoms with E-state index in [2.05, 4.69) is 105 Å². The minimum atomic E-state index is -0.0386. The molecule has 0 atom stereocenters. The molecule has 1 aliphatic rings. The van der Waals surface area contributed by atoms with Gasteiger partial charge in [0.05, 0.1) is 16.9 Å². The van der Waals surface area contributed by atoms with Gasteiger partial charge in [-0.25, -0.2) is 0 Å². The van der Waals surface area contributed by atoms with Crippen molar-refractivity contribution in [3.8, 4) is 11.3 Å². The van der Waals surface area contributed by atoms with Crippen LogP contribution < -0.4 is 4.90 Å². The van der Waals surface area contributed by atoms with Crippen molar-refractivity contribution in [3.05, 3.63) is 70.9 Å². The normalized spacial score (nSPS) is 15.3. The predicted molar refractivity (Wildman–Crippen MR) is 140 cm³/mol. The zero-order valence-corrected chi connectivity index (χ0v) is 21.4. The van der Waals surface area contributed by atoms with Crippen LogP contribution in [-0.2, 0) is 12.0 Å². The first-order valence-corrected chi connectivity index (χ1v) is 12.4. The number of piperazine rings is 1. The lowest BCUT2D eigenvalue weighted by Crippen LogP contribution is -2.46. The van der Waals surface area contributed by atoms with Crippen LogP contribution in [0.1, 0.15) is 49.6 Å². The summed E-state index contributed by atoms with van der Waals surface area (Å²) in [6.45, 7) is 18.9. The quantitative estimate of drug-likeness (QED) is 0.467. The summed E-state index contributed by atoms with van der Waals surface area (Å²) in [5, 5.41) is 5.02. The van der Waals surface area contributed by atoms with Gasteiger partial charge in [-0.15, -0.1) is 0 Å². The molecular formula is C29H40N4. The smallest absolute Gasteiger partial charge is 0.0691 e. The highest BCUT2D eigenvalue weighted by molar-refractivity contribution is 5.61. The predicted octanol–water partition coefficient (Wildman–Crippen LogP) is 5.99. The number of aromatic nitrogens is 2. The average molecular weight is 445 g/mol. The fourth-order valence-corrected chi connectivity index (χ4v) is 4.63. The van der Waals surface area contributed by atoms with Gasteiger partial charge in [0, 0.05) is 31.9 Å². The van der Waals surface area contributed by atoms with E-state index in [0.29, 0.717) is 0 Å². The second-order valence-corrected chi connectivity index (χ2v) is 10.7. The summed E-state index contributed by atoms with van der Waals surface area (Å²) < 4.78 is 2.20. The van der Waals surface area contributed by atoms with Crippen molar-refractivity contribution in [1.29, 1.82) is 0 Å². The van der Waals surface area contributed by atoms with Crippen LogP contribution in [0, 0.1) is 20.8 Å². The molecule has 4 nitrogen and oxygen atoms in total. The number of aryl methyl sites for hydroxylation is 4. The summed E-state index contributed by atoms with van der Waals surface area (Å²) in [6.07, 6.45) is 2.18. The van der Waals surface area contributed by atoms with E-state index in [1.54, 1.807) is 0 Å². The zero-order valence-electron chi connectivity index (χ0n) is 21.4. The van der Waals surface area contributed by atoms with Crippen molar-refractivity contribution in [2.45, 2.75) is 59.9 Å². The Morgan fingerprint density at radius 3 is 2.15 bits per heavy atom. The molecule has 0 radical (unpaired) electrons. The first-order chi connectivity index (χ1) is 15.7. The molecule has 0 spiro atoms. The van der Waals surface area contributed by atoms with Crippen molar-refractivity contribution >= 4 is 5.69 Å². The van der Waals surface area contributed by atoms with Crippen LogP contribution in [0.25, 0.3) is 11.3 Å². The molecule has 1 aliphatic heterocycles. The standard InChI is InChI=1S/C29H40N4/c1-22-9-12-25(13-10-22)28-21-26(30-33(28)29(4,5)6)8-7-15-31-16-18-32(19-17-31)27-14-11-23(2)24(3)20-27/h9-14,20-21H,7-8,15-19H2,1-6H3. The molecule has 0 amide bonds. The number of anilines is 1. The van der Waals surface area contributed by atoms with E-state index in [-0.39, 0.29) is 5.54 Å². The first kappa shape index (κ1) is 23.6. The van der Waals surface area contributed by atoms with Gasteiger partial charge >= 0.3 is 0 Å². The fourth-order valence-electron chi connectivity index (χ4n) is 4.63. The summed E-state index contributed by atoms with van der Waals surface area (Å²) >= 11 is 0. The highest BCUT2D eigenvalue weighted by Crippen LogP contribution is 2.27. The van der Waals surface area contributed by atoms with Crippen LogP contribution in [0.4, 0.5) is 5.69 Å². The third-order valence-electron chi connectivity index (χ3n) is 6.88. The Bertz CT molecular complexity index is 1060. The maximum absolute atomic E-state index is 5.02. The van der Waals surface area contributed by atoms with Gasteiger partial charge in [0.15, 0.2) is 0 Å². The van der Waals surface area contributed by atoms with Crippen LogP contribution in [0.2, 0.25) is 0 Å². The minimum absolute atomic E-state index is 0.0386. The summed E-state index contributed by atoms with van der Waals surface area (Å²) in [5.41, 5.74) is 9.05. The first-order valence-electron chi connectivity index (χ1n) is 12.4. The Kier molecular flexibility index (Phi) is 6.94. The minimum Gasteiger partial charge on any atom is -0.369 e. The number of rotatable bonds is 6. The molecule has 4 heteroatoms. The lowest BCUT2D eigenvalue weighted by Gasteiger charge is -2.36.